The number of aliphatic hydroxyl groups is 1. The molecule has 0 unspecified atom stereocenters. The van der Waals surface area contributed by atoms with Gasteiger partial charge in [0.1, 0.15) is 0 Å². The fourth-order valence-electron chi connectivity index (χ4n) is 1.45. The molecule has 0 saturated heterocycles. The van der Waals surface area contributed by atoms with Gasteiger partial charge in [0.05, 0.1) is 6.10 Å². The topological polar surface area (TPSA) is 70.6 Å². The normalized spacial score (nSPS) is 27.6. The maximum absolute atomic E-state index is 9.07. The maximum atomic E-state index is 9.07. The van der Waals surface area contributed by atoms with Crippen molar-refractivity contribution in [3.8, 4) is 0 Å². The van der Waals surface area contributed by atoms with E-state index in [0.29, 0.717) is 17.8 Å². The van der Waals surface area contributed by atoms with Crippen molar-refractivity contribution in [1.82, 2.24) is 5.32 Å². The van der Waals surface area contributed by atoms with Crippen LogP contribution in [0.4, 0.5) is 0 Å². The smallest absolute Gasteiger partial charge is 0.188 e. The highest BCUT2D eigenvalue weighted by molar-refractivity contribution is 5.77. The minimum absolute atomic E-state index is 0.0874. The molecule has 0 heterocycles. The average Bonchev–Trinajstić information content (AvgIpc) is 2.07. The van der Waals surface area contributed by atoms with Gasteiger partial charge in [-0.15, -0.1) is 0 Å². The van der Waals surface area contributed by atoms with Crippen LogP contribution in [0.1, 0.15) is 26.7 Å². The molecule has 1 aliphatic carbocycles. The molecule has 0 spiro atoms. The average molecular weight is 199 g/mol. The monoisotopic (exact) mass is 199 g/mol. The third kappa shape index (κ3) is 3.96. The van der Waals surface area contributed by atoms with Crippen LogP contribution in [0, 0.1) is 11.8 Å². The van der Waals surface area contributed by atoms with Gasteiger partial charge in [0, 0.05) is 13.1 Å². The Morgan fingerprint density at radius 2 is 2.21 bits per heavy atom. The van der Waals surface area contributed by atoms with Crippen molar-refractivity contribution in [2.75, 3.05) is 13.1 Å². The van der Waals surface area contributed by atoms with Gasteiger partial charge in [-0.3, -0.25) is 4.99 Å². The molecule has 1 rings (SSSR count). The Balaban J connectivity index is 2.08. The van der Waals surface area contributed by atoms with Crippen LogP contribution in [0.3, 0.4) is 0 Å². The first kappa shape index (κ1) is 11.3. The number of aliphatic imine (C=N–C) groups is 1. The van der Waals surface area contributed by atoms with Gasteiger partial charge < -0.3 is 16.2 Å². The van der Waals surface area contributed by atoms with Gasteiger partial charge in [-0.05, 0) is 24.7 Å². The van der Waals surface area contributed by atoms with Gasteiger partial charge in [0.15, 0.2) is 5.96 Å². The number of aliphatic hydroxyl groups excluding tert-OH is 1. The van der Waals surface area contributed by atoms with Crippen LogP contribution in [0.2, 0.25) is 0 Å². The number of hydrogen-bond donors (Lipinski definition) is 3. The first-order valence-electron chi connectivity index (χ1n) is 5.29. The summed E-state index contributed by atoms with van der Waals surface area (Å²) in [5, 5.41) is 12.1. The Kier molecular flexibility index (Phi) is 4.20. The molecule has 0 radical (unpaired) electrons. The van der Waals surface area contributed by atoms with Crippen molar-refractivity contribution in [3.05, 3.63) is 0 Å². The molecule has 0 aliphatic heterocycles. The lowest BCUT2D eigenvalue weighted by atomic mass is 9.82. The van der Waals surface area contributed by atoms with Crippen LogP contribution in [0.5, 0.6) is 0 Å². The van der Waals surface area contributed by atoms with Gasteiger partial charge in [0.2, 0.25) is 0 Å². The number of guanidine groups is 1. The Morgan fingerprint density at radius 3 is 2.71 bits per heavy atom. The second-order valence-electron chi connectivity index (χ2n) is 4.49. The molecule has 0 amide bonds. The Labute approximate surface area is 85.6 Å². The Hall–Kier alpha value is -0.770. The van der Waals surface area contributed by atoms with E-state index in [2.05, 4.69) is 24.2 Å². The summed E-state index contributed by atoms with van der Waals surface area (Å²) < 4.78 is 0. The summed E-state index contributed by atoms with van der Waals surface area (Å²) in [7, 11) is 0. The molecule has 0 bridgehead atoms. The van der Waals surface area contributed by atoms with Crippen molar-refractivity contribution in [1.29, 1.82) is 0 Å². The van der Waals surface area contributed by atoms with E-state index < -0.39 is 0 Å². The number of nitrogens with two attached hydrogens (primary N) is 1. The van der Waals surface area contributed by atoms with Crippen LogP contribution in [0.25, 0.3) is 0 Å². The van der Waals surface area contributed by atoms with Gasteiger partial charge in [-0.2, -0.15) is 0 Å². The molecule has 4 heteroatoms. The third-order valence-corrected chi connectivity index (χ3v) is 2.41. The highest BCUT2D eigenvalue weighted by Crippen LogP contribution is 2.25. The second kappa shape index (κ2) is 5.20. The lowest BCUT2D eigenvalue weighted by molar-refractivity contribution is 0.0450. The summed E-state index contributed by atoms with van der Waals surface area (Å²) in [6, 6.07) is 0. The predicted molar refractivity (Wildman–Crippen MR) is 58.1 cm³/mol. The first-order valence-corrected chi connectivity index (χ1v) is 5.29. The highest BCUT2D eigenvalue weighted by Gasteiger charge is 2.26. The van der Waals surface area contributed by atoms with Gasteiger partial charge in [0.25, 0.3) is 0 Å². The van der Waals surface area contributed by atoms with E-state index in [9.17, 15) is 0 Å². The van der Waals surface area contributed by atoms with Crippen LogP contribution in [0.15, 0.2) is 4.99 Å². The lowest BCUT2D eigenvalue weighted by Gasteiger charge is -2.31. The minimum atomic E-state index is -0.0874. The van der Waals surface area contributed by atoms with E-state index in [1.54, 1.807) is 0 Å². The largest absolute Gasteiger partial charge is 0.393 e. The molecule has 0 atom stereocenters. The summed E-state index contributed by atoms with van der Waals surface area (Å²) in [5.41, 5.74) is 5.66. The molecule has 0 aromatic heterocycles. The van der Waals surface area contributed by atoms with Gasteiger partial charge >= 0.3 is 0 Å². The SMILES string of the molecule is CC(C)CN=C(N)NCC1CC(O)C1. The summed E-state index contributed by atoms with van der Waals surface area (Å²) in [5.74, 6) is 1.64. The fourth-order valence-corrected chi connectivity index (χ4v) is 1.45. The van der Waals surface area contributed by atoms with E-state index in [4.69, 9.17) is 10.8 Å². The van der Waals surface area contributed by atoms with Crippen molar-refractivity contribution < 1.29 is 5.11 Å². The molecule has 4 N–H and O–H groups in total. The molecule has 1 fully saturated rings. The fraction of sp³-hybridized carbons (Fsp3) is 0.900. The van der Waals surface area contributed by atoms with Crippen molar-refractivity contribution in [2.45, 2.75) is 32.8 Å². The Bertz CT molecular complexity index is 198. The van der Waals surface area contributed by atoms with Crippen molar-refractivity contribution in [2.24, 2.45) is 22.6 Å². The van der Waals surface area contributed by atoms with E-state index in [1.165, 1.54) is 0 Å². The number of nitrogens with zero attached hydrogens (tertiary/aromatic N) is 1. The number of nitrogens with one attached hydrogen (secondary N) is 1. The highest BCUT2D eigenvalue weighted by atomic mass is 16.3. The van der Waals surface area contributed by atoms with Crippen LogP contribution in [-0.2, 0) is 0 Å². The van der Waals surface area contributed by atoms with E-state index >= 15 is 0 Å². The first-order chi connectivity index (χ1) is 6.58. The molecule has 4 nitrogen and oxygen atoms in total. The van der Waals surface area contributed by atoms with Crippen LogP contribution in [-0.4, -0.2) is 30.3 Å². The van der Waals surface area contributed by atoms with E-state index in [0.717, 1.165) is 25.9 Å². The number of hydrogen-bond acceptors (Lipinski definition) is 2. The minimum Gasteiger partial charge on any atom is -0.393 e. The standard InChI is InChI=1S/C10H21N3O/c1-7(2)5-12-10(11)13-6-8-3-9(14)4-8/h7-9,14H,3-6H2,1-2H3,(H3,11,12,13). The zero-order valence-corrected chi connectivity index (χ0v) is 9.03. The van der Waals surface area contributed by atoms with Gasteiger partial charge in [-0.1, -0.05) is 13.8 Å². The number of rotatable bonds is 4. The van der Waals surface area contributed by atoms with Crippen molar-refractivity contribution in [3.63, 3.8) is 0 Å². The predicted octanol–water partition coefficient (Wildman–Crippen LogP) is 0.318. The van der Waals surface area contributed by atoms with Crippen LogP contribution < -0.4 is 11.1 Å². The van der Waals surface area contributed by atoms with Gasteiger partial charge in [-0.25, -0.2) is 0 Å². The molecule has 82 valence electrons. The third-order valence-electron chi connectivity index (χ3n) is 2.41. The summed E-state index contributed by atoms with van der Waals surface area (Å²) >= 11 is 0. The molecule has 14 heavy (non-hydrogen) atoms. The second-order valence-corrected chi connectivity index (χ2v) is 4.49. The zero-order chi connectivity index (χ0) is 10.6. The summed E-state index contributed by atoms with van der Waals surface area (Å²) in [6.07, 6.45) is 1.70. The van der Waals surface area contributed by atoms with E-state index in [-0.39, 0.29) is 6.10 Å². The molecular weight excluding hydrogens is 178 g/mol. The van der Waals surface area contributed by atoms with Crippen LogP contribution >= 0.6 is 0 Å². The Morgan fingerprint density at radius 1 is 1.57 bits per heavy atom. The molecule has 1 aliphatic rings. The quantitative estimate of drug-likeness (QED) is 0.451. The maximum Gasteiger partial charge on any atom is 0.188 e. The molecule has 1 saturated carbocycles. The zero-order valence-electron chi connectivity index (χ0n) is 9.03. The van der Waals surface area contributed by atoms with E-state index in [1.807, 2.05) is 0 Å². The summed E-state index contributed by atoms with van der Waals surface area (Å²) in [4.78, 5) is 4.19. The summed E-state index contributed by atoms with van der Waals surface area (Å²) in [6.45, 7) is 5.83. The lowest BCUT2D eigenvalue weighted by Crippen LogP contribution is -2.41. The molecular formula is C10H21N3O. The molecule has 0 aromatic rings. The van der Waals surface area contributed by atoms with Crippen molar-refractivity contribution >= 4 is 5.96 Å². The molecule has 0 aromatic carbocycles.